The molecule has 0 N–H and O–H groups in total. The van der Waals surface area contributed by atoms with Crippen molar-refractivity contribution in [1.29, 1.82) is 0 Å². The Morgan fingerprint density at radius 3 is 2.07 bits per heavy atom. The number of carbonyl (C=O) groups is 1. The van der Waals surface area contributed by atoms with Gasteiger partial charge in [0.05, 0.1) is 6.10 Å². The van der Waals surface area contributed by atoms with E-state index in [1.54, 1.807) is 0 Å². The minimum absolute atomic E-state index is 0.259. The molecule has 10 unspecified atom stereocenters. The topological polar surface area (TPSA) is 26.3 Å². The predicted octanol–water partition coefficient (Wildman–Crippen LogP) is 11.8. The van der Waals surface area contributed by atoms with Gasteiger partial charge in [-0.05, 0) is 141 Å². The number of rotatable bonds is 13. The molecule has 2 nitrogen and oxygen atoms in total. The van der Waals surface area contributed by atoms with Crippen LogP contribution in [0.15, 0.2) is 12.2 Å². The van der Waals surface area contributed by atoms with Gasteiger partial charge in [-0.3, -0.25) is 0 Å². The van der Waals surface area contributed by atoms with Crippen LogP contribution in [-0.2, 0) is 9.53 Å². The van der Waals surface area contributed by atoms with Crippen molar-refractivity contribution >= 4 is 6.29 Å². The van der Waals surface area contributed by atoms with Gasteiger partial charge in [0, 0.05) is 13.0 Å². The zero-order valence-electron chi connectivity index (χ0n) is 29.7. The number of fused-ring (bicyclic) bond motifs is 7. The number of unbranched alkanes of at least 4 members (excludes halogenated alkanes) is 8. The molecule has 0 aromatic carbocycles. The lowest BCUT2D eigenvalue weighted by atomic mass is 9.32. The van der Waals surface area contributed by atoms with Gasteiger partial charge >= 0.3 is 0 Å². The first-order valence-corrected chi connectivity index (χ1v) is 19.1. The first-order chi connectivity index (χ1) is 20.3. The smallest absolute Gasteiger partial charge is 0.119 e. The maximum Gasteiger partial charge on any atom is 0.119 e. The van der Waals surface area contributed by atoms with E-state index in [1.807, 2.05) is 0 Å². The molecule has 5 rings (SSSR count). The molecule has 43 heavy (non-hydrogen) atoms. The molecule has 0 heterocycles. The number of aldehydes is 1. The highest BCUT2D eigenvalue weighted by molar-refractivity contribution is 5.48. The van der Waals surface area contributed by atoms with Crippen molar-refractivity contribution in [3.05, 3.63) is 12.2 Å². The molecule has 0 amide bonds. The van der Waals surface area contributed by atoms with Crippen LogP contribution in [0.5, 0.6) is 0 Å². The number of hydrogen-bond donors (Lipinski definition) is 0. The zero-order valence-corrected chi connectivity index (χ0v) is 29.7. The Balaban J connectivity index is 1.19. The second-order valence-corrected chi connectivity index (χ2v) is 18.3. The quantitative estimate of drug-likeness (QED) is 0.120. The maximum absolute atomic E-state index is 10.5. The summed E-state index contributed by atoms with van der Waals surface area (Å²) in [4.78, 5) is 10.5. The summed E-state index contributed by atoms with van der Waals surface area (Å²) in [5.41, 5.74) is 3.66. The summed E-state index contributed by atoms with van der Waals surface area (Å²) in [5, 5.41) is 0. The highest BCUT2D eigenvalue weighted by atomic mass is 16.5. The minimum atomic E-state index is 0.259. The van der Waals surface area contributed by atoms with Crippen molar-refractivity contribution in [2.45, 2.75) is 177 Å². The van der Waals surface area contributed by atoms with E-state index in [0.717, 1.165) is 55.3 Å². The number of ether oxygens (including phenoxy) is 1. The van der Waals surface area contributed by atoms with Crippen molar-refractivity contribution in [2.75, 3.05) is 6.61 Å². The molecule has 0 bridgehead atoms. The van der Waals surface area contributed by atoms with Crippen molar-refractivity contribution in [3.63, 3.8) is 0 Å². The van der Waals surface area contributed by atoms with Gasteiger partial charge in [-0.25, -0.2) is 0 Å². The zero-order chi connectivity index (χ0) is 31.1. The molecule has 0 saturated heterocycles. The van der Waals surface area contributed by atoms with E-state index in [2.05, 4.69) is 55.0 Å². The monoisotopic (exact) mass is 595 g/mol. The average molecular weight is 595 g/mol. The van der Waals surface area contributed by atoms with Crippen LogP contribution in [-0.4, -0.2) is 19.0 Å². The Morgan fingerprint density at radius 1 is 0.721 bits per heavy atom. The molecule has 5 aliphatic carbocycles. The molecule has 0 aliphatic heterocycles. The molecule has 5 saturated carbocycles. The summed E-state index contributed by atoms with van der Waals surface area (Å²) in [7, 11) is 0. The van der Waals surface area contributed by atoms with Crippen molar-refractivity contribution in [1.82, 2.24) is 0 Å². The van der Waals surface area contributed by atoms with Crippen LogP contribution in [0.1, 0.15) is 170 Å². The van der Waals surface area contributed by atoms with E-state index < -0.39 is 0 Å². The number of hydrogen-bond acceptors (Lipinski definition) is 2. The predicted molar refractivity (Wildman–Crippen MR) is 182 cm³/mol. The Kier molecular flexibility index (Phi) is 10.1. The largest absolute Gasteiger partial charge is 0.378 e. The van der Waals surface area contributed by atoms with Crippen molar-refractivity contribution < 1.29 is 9.53 Å². The third-order valence-electron chi connectivity index (χ3n) is 16.0. The fraction of sp³-hybridized carbons (Fsp3) is 0.927. The molecule has 10 atom stereocenters. The first-order valence-electron chi connectivity index (χ1n) is 19.1. The fourth-order valence-corrected chi connectivity index (χ4v) is 13.4. The molecule has 5 fully saturated rings. The van der Waals surface area contributed by atoms with Crippen LogP contribution in [0, 0.1) is 56.7 Å². The molecule has 0 aromatic heterocycles. The normalized spacial score (nSPS) is 45.0. The van der Waals surface area contributed by atoms with E-state index in [-0.39, 0.29) is 5.41 Å². The van der Waals surface area contributed by atoms with Crippen LogP contribution in [0.4, 0.5) is 0 Å². The lowest BCUT2D eigenvalue weighted by Crippen LogP contribution is -2.66. The van der Waals surface area contributed by atoms with Gasteiger partial charge in [0.15, 0.2) is 0 Å². The third kappa shape index (κ3) is 5.78. The SMILES string of the molecule is C=C(C)C1CCC2(C)CCC3(C)C(CCC4C5(C)CCC(OCCCCCCCCCCC=O)C(C)(C)C5CCC43C)C12. The summed E-state index contributed by atoms with van der Waals surface area (Å²) >= 11 is 0. The van der Waals surface area contributed by atoms with Gasteiger partial charge in [0.25, 0.3) is 0 Å². The van der Waals surface area contributed by atoms with Gasteiger partial charge in [0.2, 0.25) is 0 Å². The Bertz CT molecular complexity index is 982. The van der Waals surface area contributed by atoms with Gasteiger partial charge < -0.3 is 9.53 Å². The number of allylic oxidation sites excluding steroid dienone is 1. The van der Waals surface area contributed by atoms with E-state index in [9.17, 15) is 4.79 Å². The summed E-state index contributed by atoms with van der Waals surface area (Å²) in [6.07, 6.45) is 26.4. The Hall–Kier alpha value is -0.630. The van der Waals surface area contributed by atoms with Crippen molar-refractivity contribution in [2.24, 2.45) is 56.7 Å². The second-order valence-electron chi connectivity index (χ2n) is 18.3. The third-order valence-corrected chi connectivity index (χ3v) is 16.0. The molecular weight excluding hydrogens is 524 g/mol. The first kappa shape index (κ1) is 33.7. The number of carbonyl (C=O) groups excluding carboxylic acids is 1. The molecule has 0 aromatic rings. The van der Waals surface area contributed by atoms with Crippen LogP contribution >= 0.6 is 0 Å². The van der Waals surface area contributed by atoms with Gasteiger partial charge in [0.1, 0.15) is 6.29 Å². The van der Waals surface area contributed by atoms with Crippen LogP contribution in [0.25, 0.3) is 0 Å². The van der Waals surface area contributed by atoms with E-state index >= 15 is 0 Å². The molecule has 5 aliphatic rings. The molecule has 246 valence electrons. The highest BCUT2D eigenvalue weighted by Gasteiger charge is 2.70. The fourth-order valence-electron chi connectivity index (χ4n) is 13.4. The molecular formula is C41H70O2. The molecule has 0 spiro atoms. The highest BCUT2D eigenvalue weighted by Crippen LogP contribution is 2.77. The molecule has 2 heteroatoms. The standard InChI is InChI=1S/C41H70O2/c1-30(2)31-20-23-38(5)26-27-40(7)32(36(31)38)18-19-34-39(6)24-22-35(37(3,4)33(39)21-25-41(34,40)8)43-29-17-15-13-11-9-10-12-14-16-28-42/h28,31-36H,1,9-27,29H2,2-8H3. The van der Waals surface area contributed by atoms with Gasteiger partial charge in [-0.1, -0.05) is 92.2 Å². The lowest BCUT2D eigenvalue weighted by Gasteiger charge is -2.73. The van der Waals surface area contributed by atoms with E-state index in [4.69, 9.17) is 4.74 Å². The van der Waals surface area contributed by atoms with Gasteiger partial charge in [-0.2, -0.15) is 0 Å². The average Bonchev–Trinajstić information content (AvgIpc) is 3.31. The van der Waals surface area contributed by atoms with Crippen LogP contribution in [0.2, 0.25) is 0 Å². The van der Waals surface area contributed by atoms with Gasteiger partial charge in [-0.15, -0.1) is 0 Å². The summed E-state index contributed by atoms with van der Waals surface area (Å²) in [5.74, 6) is 4.13. The Labute approximate surface area is 267 Å². The summed E-state index contributed by atoms with van der Waals surface area (Å²) in [6.45, 7) is 24.0. The second kappa shape index (κ2) is 12.9. The van der Waals surface area contributed by atoms with E-state index in [0.29, 0.717) is 27.8 Å². The maximum atomic E-state index is 10.5. The molecule has 0 radical (unpaired) electrons. The van der Waals surface area contributed by atoms with Crippen LogP contribution < -0.4 is 0 Å². The Morgan fingerprint density at radius 2 is 1.40 bits per heavy atom. The van der Waals surface area contributed by atoms with Crippen molar-refractivity contribution in [3.8, 4) is 0 Å². The van der Waals surface area contributed by atoms with Crippen LogP contribution in [0.3, 0.4) is 0 Å². The summed E-state index contributed by atoms with van der Waals surface area (Å²) in [6, 6.07) is 0. The summed E-state index contributed by atoms with van der Waals surface area (Å²) < 4.78 is 6.78. The lowest BCUT2D eigenvalue weighted by molar-refractivity contribution is -0.250. The minimum Gasteiger partial charge on any atom is -0.378 e. The van der Waals surface area contributed by atoms with E-state index in [1.165, 1.54) is 115 Å².